The maximum absolute atomic E-state index is 11.4. The van der Waals surface area contributed by atoms with Crippen molar-refractivity contribution >= 4 is 5.97 Å². The lowest BCUT2D eigenvalue weighted by Gasteiger charge is -2.03. The smallest absolute Gasteiger partial charge is 0.360 e. The molecule has 0 aliphatic rings. The highest BCUT2D eigenvalue weighted by atomic mass is 16.5. The van der Waals surface area contributed by atoms with Crippen molar-refractivity contribution in [1.29, 1.82) is 0 Å². The van der Waals surface area contributed by atoms with Crippen molar-refractivity contribution < 1.29 is 9.53 Å². The van der Waals surface area contributed by atoms with Crippen LogP contribution in [0.25, 0.3) is 0 Å². The number of benzene rings is 1. The van der Waals surface area contributed by atoms with Crippen LogP contribution in [0, 0.1) is 6.92 Å². The molecule has 1 aromatic heterocycles. The van der Waals surface area contributed by atoms with E-state index < -0.39 is 5.97 Å². The molecule has 5 heteroatoms. The Kier molecular flexibility index (Phi) is 3.72. The van der Waals surface area contributed by atoms with Crippen molar-refractivity contribution in [1.82, 2.24) is 15.0 Å². The average molecular weight is 245 g/mol. The fourth-order valence-electron chi connectivity index (χ4n) is 1.61. The number of carbonyl (C=O) groups excluding carboxylic acids is 1. The van der Waals surface area contributed by atoms with Crippen molar-refractivity contribution in [3.05, 3.63) is 47.3 Å². The molecule has 0 aliphatic carbocycles. The Balaban J connectivity index is 2.12. The minimum atomic E-state index is -0.437. The summed E-state index contributed by atoms with van der Waals surface area (Å²) in [5, 5.41) is 8.16. The third-order valence-corrected chi connectivity index (χ3v) is 2.59. The van der Waals surface area contributed by atoms with E-state index in [4.69, 9.17) is 4.74 Å². The van der Waals surface area contributed by atoms with Crippen LogP contribution in [-0.4, -0.2) is 27.6 Å². The Labute approximate surface area is 105 Å². The molecule has 0 fully saturated rings. The molecule has 18 heavy (non-hydrogen) atoms. The van der Waals surface area contributed by atoms with Gasteiger partial charge in [0, 0.05) is 0 Å². The molecule has 1 aromatic carbocycles. The summed E-state index contributed by atoms with van der Waals surface area (Å²) in [5.74, 6) is -0.437. The van der Waals surface area contributed by atoms with Gasteiger partial charge in [0.05, 0.1) is 19.3 Å². The molecule has 0 unspecified atom stereocenters. The third-order valence-electron chi connectivity index (χ3n) is 2.59. The predicted molar refractivity (Wildman–Crippen MR) is 66.3 cm³/mol. The number of aryl methyl sites for hydroxylation is 1. The van der Waals surface area contributed by atoms with Crippen LogP contribution in [0.1, 0.15) is 28.5 Å². The van der Waals surface area contributed by atoms with Gasteiger partial charge in [0.15, 0.2) is 5.69 Å². The molecule has 0 amide bonds. The summed E-state index contributed by atoms with van der Waals surface area (Å²) in [6.07, 6.45) is 1.43. The van der Waals surface area contributed by atoms with Crippen LogP contribution in [0.15, 0.2) is 30.5 Å². The van der Waals surface area contributed by atoms with E-state index in [9.17, 15) is 4.79 Å². The largest absolute Gasteiger partial charge is 0.461 e. The van der Waals surface area contributed by atoms with E-state index in [1.807, 2.05) is 31.2 Å². The molecule has 2 rings (SSSR count). The predicted octanol–water partition coefficient (Wildman–Crippen LogP) is 1.81. The summed E-state index contributed by atoms with van der Waals surface area (Å²) in [5.41, 5.74) is 2.54. The molecule has 0 saturated carbocycles. The van der Waals surface area contributed by atoms with Gasteiger partial charge in [-0.15, -0.1) is 5.10 Å². The Hall–Kier alpha value is -2.17. The molecule has 0 atom stereocenters. The molecule has 0 radical (unpaired) electrons. The van der Waals surface area contributed by atoms with Crippen molar-refractivity contribution in [2.24, 2.45) is 0 Å². The SMILES string of the molecule is CCOC(=O)c1cnn(Cc2ccccc2C)n1. The number of esters is 1. The summed E-state index contributed by atoms with van der Waals surface area (Å²) in [7, 11) is 0. The Morgan fingerprint density at radius 1 is 1.39 bits per heavy atom. The Bertz CT molecular complexity index is 549. The molecule has 0 aliphatic heterocycles. The van der Waals surface area contributed by atoms with Gasteiger partial charge in [-0.1, -0.05) is 24.3 Å². The molecule has 0 bridgehead atoms. The van der Waals surface area contributed by atoms with Crippen LogP contribution in [0.5, 0.6) is 0 Å². The van der Waals surface area contributed by atoms with Crippen LogP contribution < -0.4 is 0 Å². The zero-order chi connectivity index (χ0) is 13.0. The molecule has 94 valence electrons. The molecule has 5 nitrogen and oxygen atoms in total. The Morgan fingerprint density at radius 3 is 2.89 bits per heavy atom. The minimum Gasteiger partial charge on any atom is -0.461 e. The van der Waals surface area contributed by atoms with Crippen molar-refractivity contribution in [3.8, 4) is 0 Å². The number of nitrogens with zero attached hydrogens (tertiary/aromatic N) is 3. The van der Waals surface area contributed by atoms with E-state index in [0.717, 1.165) is 5.56 Å². The quantitative estimate of drug-likeness (QED) is 0.771. The first-order valence-corrected chi connectivity index (χ1v) is 5.82. The van der Waals surface area contributed by atoms with Crippen molar-refractivity contribution in [2.45, 2.75) is 20.4 Å². The van der Waals surface area contributed by atoms with Gasteiger partial charge in [0.1, 0.15) is 0 Å². The number of carbonyl (C=O) groups is 1. The summed E-state index contributed by atoms with van der Waals surface area (Å²) in [4.78, 5) is 12.9. The topological polar surface area (TPSA) is 57.0 Å². The van der Waals surface area contributed by atoms with E-state index in [-0.39, 0.29) is 5.69 Å². The number of rotatable bonds is 4. The third kappa shape index (κ3) is 2.74. The lowest BCUT2D eigenvalue weighted by molar-refractivity contribution is 0.0518. The average Bonchev–Trinajstić information content (AvgIpc) is 2.81. The summed E-state index contributed by atoms with van der Waals surface area (Å²) in [6, 6.07) is 8.01. The van der Waals surface area contributed by atoms with Gasteiger partial charge in [-0.25, -0.2) is 4.79 Å². The first kappa shape index (κ1) is 12.3. The van der Waals surface area contributed by atoms with Crippen LogP contribution in [0.2, 0.25) is 0 Å². The van der Waals surface area contributed by atoms with Crippen molar-refractivity contribution in [2.75, 3.05) is 6.61 Å². The van der Waals surface area contributed by atoms with Crippen LogP contribution in [-0.2, 0) is 11.3 Å². The minimum absolute atomic E-state index is 0.241. The van der Waals surface area contributed by atoms with E-state index in [1.54, 1.807) is 6.92 Å². The van der Waals surface area contributed by atoms with Crippen molar-refractivity contribution in [3.63, 3.8) is 0 Å². The highest BCUT2D eigenvalue weighted by molar-refractivity contribution is 5.86. The fourth-order valence-corrected chi connectivity index (χ4v) is 1.61. The van der Waals surface area contributed by atoms with Gasteiger partial charge < -0.3 is 4.74 Å². The zero-order valence-electron chi connectivity index (χ0n) is 10.5. The second-order valence-electron chi connectivity index (χ2n) is 3.91. The van der Waals surface area contributed by atoms with Crippen LogP contribution in [0.4, 0.5) is 0 Å². The second-order valence-corrected chi connectivity index (χ2v) is 3.91. The highest BCUT2D eigenvalue weighted by Gasteiger charge is 2.11. The molecular formula is C13H15N3O2. The van der Waals surface area contributed by atoms with E-state index in [1.165, 1.54) is 16.6 Å². The first-order valence-electron chi connectivity index (χ1n) is 5.82. The fraction of sp³-hybridized carbons (Fsp3) is 0.308. The van der Waals surface area contributed by atoms with Gasteiger partial charge in [0.2, 0.25) is 0 Å². The van der Waals surface area contributed by atoms with E-state index in [2.05, 4.69) is 10.2 Å². The lowest BCUT2D eigenvalue weighted by Crippen LogP contribution is -2.09. The van der Waals surface area contributed by atoms with Crippen LogP contribution >= 0.6 is 0 Å². The highest BCUT2D eigenvalue weighted by Crippen LogP contribution is 2.08. The Morgan fingerprint density at radius 2 is 2.17 bits per heavy atom. The molecule has 0 spiro atoms. The normalized spacial score (nSPS) is 10.3. The molecule has 0 N–H and O–H groups in total. The molecular weight excluding hydrogens is 230 g/mol. The summed E-state index contributed by atoms with van der Waals surface area (Å²) in [6.45, 7) is 4.68. The first-order chi connectivity index (χ1) is 8.70. The zero-order valence-corrected chi connectivity index (χ0v) is 10.5. The van der Waals surface area contributed by atoms with E-state index in [0.29, 0.717) is 13.2 Å². The second kappa shape index (κ2) is 5.44. The molecule has 2 aromatic rings. The lowest BCUT2D eigenvalue weighted by atomic mass is 10.1. The maximum Gasteiger partial charge on any atom is 0.360 e. The number of hydrogen-bond acceptors (Lipinski definition) is 4. The maximum atomic E-state index is 11.4. The van der Waals surface area contributed by atoms with Gasteiger partial charge in [0.25, 0.3) is 0 Å². The number of hydrogen-bond donors (Lipinski definition) is 0. The van der Waals surface area contributed by atoms with Gasteiger partial charge >= 0.3 is 5.97 Å². The van der Waals surface area contributed by atoms with Crippen LogP contribution in [0.3, 0.4) is 0 Å². The number of ether oxygens (including phenoxy) is 1. The molecule has 0 saturated heterocycles. The van der Waals surface area contributed by atoms with Gasteiger partial charge in [-0.2, -0.15) is 9.90 Å². The number of aromatic nitrogens is 3. The summed E-state index contributed by atoms with van der Waals surface area (Å²) < 4.78 is 4.86. The standard InChI is InChI=1S/C13H15N3O2/c1-3-18-13(17)12-8-14-16(15-12)9-11-7-5-4-6-10(11)2/h4-8H,3,9H2,1-2H3. The monoisotopic (exact) mass is 245 g/mol. The van der Waals surface area contributed by atoms with Gasteiger partial charge in [-0.05, 0) is 25.0 Å². The van der Waals surface area contributed by atoms with Gasteiger partial charge in [-0.3, -0.25) is 0 Å². The van der Waals surface area contributed by atoms with E-state index >= 15 is 0 Å². The summed E-state index contributed by atoms with van der Waals surface area (Å²) >= 11 is 0. The molecule has 1 heterocycles.